The average molecular weight is 537 g/mol. The molecule has 1 aliphatic heterocycles. The molecule has 0 N–H and O–H groups in total. The lowest BCUT2D eigenvalue weighted by molar-refractivity contribution is -0.143. The molecule has 2 atom stereocenters. The topological polar surface area (TPSA) is 40.6 Å². The molecule has 3 aromatic carbocycles. The van der Waals surface area contributed by atoms with Gasteiger partial charge < -0.3 is 9.80 Å². The highest BCUT2D eigenvalue weighted by Gasteiger charge is 2.37. The van der Waals surface area contributed by atoms with E-state index in [0.717, 1.165) is 29.5 Å². The van der Waals surface area contributed by atoms with Crippen LogP contribution in [0.25, 0.3) is 0 Å². The summed E-state index contributed by atoms with van der Waals surface area (Å²) in [4.78, 5) is 33.7. The van der Waals surface area contributed by atoms with E-state index in [0.29, 0.717) is 6.54 Å². The summed E-state index contributed by atoms with van der Waals surface area (Å²) in [6, 6.07) is 30.1. The Bertz CT molecular complexity index is 1380. The van der Waals surface area contributed by atoms with Crippen molar-refractivity contribution in [1.82, 2.24) is 9.80 Å². The molecule has 2 heterocycles. The second-order valence-electron chi connectivity index (χ2n) is 10.4. The van der Waals surface area contributed by atoms with Gasteiger partial charge in [0.05, 0.1) is 12.0 Å². The molecule has 0 fully saturated rings. The van der Waals surface area contributed by atoms with E-state index in [-0.39, 0.29) is 30.4 Å². The minimum absolute atomic E-state index is 0.00590. The fourth-order valence-electron chi connectivity index (χ4n) is 5.66. The molecule has 200 valence electrons. The number of carbonyl (C=O) groups excluding carboxylic acids is 2. The third kappa shape index (κ3) is 5.55. The molecule has 1 aromatic heterocycles. The first-order valence-electron chi connectivity index (χ1n) is 13.8. The molecule has 2 amide bonds. The van der Waals surface area contributed by atoms with Crippen molar-refractivity contribution in [2.24, 2.45) is 0 Å². The molecular weight excluding hydrogens is 500 g/mol. The summed E-state index contributed by atoms with van der Waals surface area (Å²) in [5.74, 6) is -0.504. The van der Waals surface area contributed by atoms with E-state index in [4.69, 9.17) is 0 Å². The van der Waals surface area contributed by atoms with Gasteiger partial charge in [-0.1, -0.05) is 91.9 Å². The van der Waals surface area contributed by atoms with Crippen molar-refractivity contribution in [2.75, 3.05) is 13.1 Å². The van der Waals surface area contributed by atoms with Gasteiger partial charge in [0.1, 0.15) is 6.54 Å². The van der Waals surface area contributed by atoms with Crippen molar-refractivity contribution in [3.05, 3.63) is 129 Å². The Balaban J connectivity index is 1.49. The van der Waals surface area contributed by atoms with E-state index in [1.165, 1.54) is 16.0 Å². The molecule has 5 heteroatoms. The lowest BCUT2D eigenvalue weighted by Gasteiger charge is -2.39. The number of thiophene rings is 1. The van der Waals surface area contributed by atoms with Crippen molar-refractivity contribution in [3.8, 4) is 0 Å². The molecule has 0 bridgehead atoms. The zero-order chi connectivity index (χ0) is 27.4. The fourth-order valence-corrected chi connectivity index (χ4v) is 6.56. The van der Waals surface area contributed by atoms with Crippen molar-refractivity contribution < 1.29 is 9.59 Å². The molecule has 4 nitrogen and oxygen atoms in total. The first-order valence-corrected chi connectivity index (χ1v) is 14.7. The van der Waals surface area contributed by atoms with Gasteiger partial charge in [-0.2, -0.15) is 0 Å². The van der Waals surface area contributed by atoms with Crippen LogP contribution >= 0.6 is 11.3 Å². The number of aryl methyl sites for hydroxylation is 1. The highest BCUT2D eigenvalue weighted by Crippen LogP contribution is 2.39. The van der Waals surface area contributed by atoms with Gasteiger partial charge in [-0.3, -0.25) is 9.59 Å². The number of fused-ring (bicyclic) bond motifs is 1. The SMILES string of the molecule is CCC(C)N(CC(=O)N1CCc2sccc2C1c1ccccc1C)C(=O)C(c1ccccc1)c1ccccc1. The first-order chi connectivity index (χ1) is 19.0. The maximum Gasteiger partial charge on any atom is 0.243 e. The molecule has 0 saturated carbocycles. The zero-order valence-electron chi connectivity index (χ0n) is 22.9. The largest absolute Gasteiger partial charge is 0.330 e. The predicted molar refractivity (Wildman–Crippen MR) is 159 cm³/mol. The Morgan fingerprint density at radius 3 is 2.13 bits per heavy atom. The van der Waals surface area contributed by atoms with Crippen LogP contribution in [0.15, 0.2) is 96.4 Å². The standard InChI is InChI=1S/C34H36N2O2S/c1-4-25(3)36(34(38)32(26-14-7-5-8-15-26)27-16-9-6-10-17-27)23-31(37)35-21-19-30-29(20-22-39-30)33(35)28-18-12-11-13-24(28)2/h5-18,20,22,25,32-33H,4,19,21,23H2,1-3H3. The third-order valence-electron chi connectivity index (χ3n) is 7.99. The highest BCUT2D eigenvalue weighted by atomic mass is 32.1. The Labute approximate surface area is 235 Å². The molecule has 0 aliphatic carbocycles. The van der Waals surface area contributed by atoms with Crippen LogP contribution in [0.4, 0.5) is 0 Å². The average Bonchev–Trinajstić information content (AvgIpc) is 3.46. The van der Waals surface area contributed by atoms with Crippen LogP contribution in [-0.2, 0) is 16.0 Å². The summed E-state index contributed by atoms with van der Waals surface area (Å²) in [5, 5.41) is 2.13. The van der Waals surface area contributed by atoms with Gasteiger partial charge in [0, 0.05) is 17.5 Å². The van der Waals surface area contributed by atoms with Crippen LogP contribution in [0.2, 0.25) is 0 Å². The summed E-state index contributed by atoms with van der Waals surface area (Å²) in [7, 11) is 0. The van der Waals surface area contributed by atoms with Crippen molar-refractivity contribution in [2.45, 2.75) is 51.6 Å². The smallest absolute Gasteiger partial charge is 0.243 e. The molecule has 5 rings (SSSR count). The molecule has 0 saturated heterocycles. The van der Waals surface area contributed by atoms with Crippen LogP contribution < -0.4 is 0 Å². The van der Waals surface area contributed by atoms with Gasteiger partial charge in [0.25, 0.3) is 0 Å². The second-order valence-corrected chi connectivity index (χ2v) is 11.4. The van der Waals surface area contributed by atoms with Gasteiger partial charge in [-0.05, 0) is 66.0 Å². The number of rotatable bonds is 8. The second kappa shape index (κ2) is 12.0. The number of nitrogens with zero attached hydrogens (tertiary/aromatic N) is 2. The maximum absolute atomic E-state index is 14.4. The molecule has 39 heavy (non-hydrogen) atoms. The summed E-state index contributed by atoms with van der Waals surface area (Å²) in [6.45, 7) is 6.94. The summed E-state index contributed by atoms with van der Waals surface area (Å²) in [5.41, 5.74) is 5.41. The monoisotopic (exact) mass is 536 g/mol. The van der Waals surface area contributed by atoms with Crippen molar-refractivity contribution >= 4 is 23.2 Å². The fraction of sp³-hybridized carbons (Fsp3) is 0.294. The van der Waals surface area contributed by atoms with E-state index in [1.54, 1.807) is 11.3 Å². The number of hydrogen-bond donors (Lipinski definition) is 0. The van der Waals surface area contributed by atoms with Gasteiger partial charge >= 0.3 is 0 Å². The Morgan fingerprint density at radius 1 is 0.897 bits per heavy atom. The van der Waals surface area contributed by atoms with Crippen LogP contribution in [-0.4, -0.2) is 40.7 Å². The van der Waals surface area contributed by atoms with E-state index < -0.39 is 5.92 Å². The van der Waals surface area contributed by atoms with Crippen LogP contribution in [0.1, 0.15) is 64.9 Å². The number of hydrogen-bond acceptors (Lipinski definition) is 3. The Kier molecular flexibility index (Phi) is 8.27. The summed E-state index contributed by atoms with van der Waals surface area (Å²) < 4.78 is 0. The quantitative estimate of drug-likeness (QED) is 0.244. The number of carbonyl (C=O) groups is 2. The molecule has 1 aliphatic rings. The van der Waals surface area contributed by atoms with Crippen LogP contribution in [0.3, 0.4) is 0 Å². The van der Waals surface area contributed by atoms with Gasteiger partial charge in [0.15, 0.2) is 0 Å². The summed E-state index contributed by atoms with van der Waals surface area (Å²) in [6.07, 6.45) is 1.61. The minimum Gasteiger partial charge on any atom is -0.330 e. The van der Waals surface area contributed by atoms with Gasteiger partial charge in [0.2, 0.25) is 11.8 Å². The highest BCUT2D eigenvalue weighted by molar-refractivity contribution is 7.10. The number of benzene rings is 3. The number of amides is 2. The maximum atomic E-state index is 14.4. The lowest BCUT2D eigenvalue weighted by Crippen LogP contribution is -2.50. The van der Waals surface area contributed by atoms with Crippen molar-refractivity contribution in [1.29, 1.82) is 0 Å². The Hall–Kier alpha value is -3.70. The normalized spacial score (nSPS) is 15.6. The third-order valence-corrected chi connectivity index (χ3v) is 8.99. The Morgan fingerprint density at radius 2 is 1.51 bits per heavy atom. The minimum atomic E-state index is -0.466. The van der Waals surface area contributed by atoms with E-state index in [9.17, 15) is 9.59 Å². The molecule has 0 spiro atoms. The molecule has 2 unspecified atom stereocenters. The lowest BCUT2D eigenvalue weighted by atomic mass is 9.89. The van der Waals surface area contributed by atoms with Gasteiger partial charge in [-0.15, -0.1) is 11.3 Å². The van der Waals surface area contributed by atoms with Crippen molar-refractivity contribution in [3.63, 3.8) is 0 Å². The van der Waals surface area contributed by atoms with E-state index in [1.807, 2.05) is 89.5 Å². The molecule has 4 aromatic rings. The van der Waals surface area contributed by atoms with E-state index >= 15 is 0 Å². The van der Waals surface area contributed by atoms with E-state index in [2.05, 4.69) is 37.4 Å². The first kappa shape index (κ1) is 26.9. The molecule has 0 radical (unpaired) electrons. The van der Waals surface area contributed by atoms with Gasteiger partial charge in [-0.25, -0.2) is 0 Å². The van der Waals surface area contributed by atoms with Crippen LogP contribution in [0.5, 0.6) is 0 Å². The van der Waals surface area contributed by atoms with Crippen LogP contribution in [0, 0.1) is 6.92 Å². The zero-order valence-corrected chi connectivity index (χ0v) is 23.7. The summed E-state index contributed by atoms with van der Waals surface area (Å²) >= 11 is 1.77. The predicted octanol–water partition coefficient (Wildman–Crippen LogP) is 6.99. The molecular formula is C34H36N2O2S.